The fraction of sp³-hybridized carbons (Fsp3) is 0.824. The SMILES string of the molecule is CC(C)(C)OC(=O)NC(CC1CCN(C(=O)OC(C)(C)C)C1)C(=O)O. The second kappa shape index (κ2) is 7.93. The van der Waals surface area contributed by atoms with Crippen LogP contribution in [0.3, 0.4) is 0 Å². The lowest BCUT2D eigenvalue weighted by atomic mass is 9.99. The number of nitrogens with zero attached hydrogens (tertiary/aromatic N) is 1. The van der Waals surface area contributed by atoms with Gasteiger partial charge in [0.2, 0.25) is 0 Å². The number of hydrogen-bond acceptors (Lipinski definition) is 5. The van der Waals surface area contributed by atoms with E-state index in [-0.39, 0.29) is 12.3 Å². The lowest BCUT2D eigenvalue weighted by Crippen LogP contribution is -2.44. The number of alkyl carbamates (subject to hydrolysis) is 1. The Morgan fingerprint density at radius 2 is 1.68 bits per heavy atom. The number of aliphatic carboxylic acids is 1. The van der Waals surface area contributed by atoms with Gasteiger partial charge in [0.25, 0.3) is 0 Å². The van der Waals surface area contributed by atoms with E-state index in [1.165, 1.54) is 0 Å². The van der Waals surface area contributed by atoms with Crippen molar-refractivity contribution in [2.75, 3.05) is 13.1 Å². The van der Waals surface area contributed by atoms with Gasteiger partial charge in [-0.25, -0.2) is 14.4 Å². The predicted molar refractivity (Wildman–Crippen MR) is 91.3 cm³/mol. The minimum Gasteiger partial charge on any atom is -0.480 e. The molecule has 0 spiro atoms. The molecule has 1 rings (SSSR count). The van der Waals surface area contributed by atoms with Crippen LogP contribution in [0.15, 0.2) is 0 Å². The summed E-state index contributed by atoms with van der Waals surface area (Å²) < 4.78 is 10.4. The molecule has 2 unspecified atom stereocenters. The number of amides is 2. The van der Waals surface area contributed by atoms with Gasteiger partial charge in [-0.2, -0.15) is 0 Å². The van der Waals surface area contributed by atoms with Crippen molar-refractivity contribution in [2.45, 2.75) is 71.6 Å². The van der Waals surface area contributed by atoms with Crippen LogP contribution in [0.2, 0.25) is 0 Å². The second-order valence-electron chi connectivity index (χ2n) is 8.35. The molecule has 0 bridgehead atoms. The van der Waals surface area contributed by atoms with Crippen LogP contribution < -0.4 is 5.32 Å². The van der Waals surface area contributed by atoms with Gasteiger partial charge in [0.15, 0.2) is 0 Å². The van der Waals surface area contributed by atoms with E-state index >= 15 is 0 Å². The van der Waals surface area contributed by atoms with Gasteiger partial charge in [0, 0.05) is 13.1 Å². The number of likely N-dealkylation sites (tertiary alicyclic amines) is 1. The fourth-order valence-electron chi connectivity index (χ4n) is 2.52. The van der Waals surface area contributed by atoms with Gasteiger partial charge in [0.1, 0.15) is 17.2 Å². The van der Waals surface area contributed by atoms with Gasteiger partial charge in [-0.1, -0.05) is 0 Å². The Hall–Kier alpha value is -1.99. The van der Waals surface area contributed by atoms with E-state index in [1.54, 1.807) is 46.4 Å². The van der Waals surface area contributed by atoms with Crippen LogP contribution in [-0.2, 0) is 14.3 Å². The van der Waals surface area contributed by atoms with E-state index in [0.717, 1.165) is 0 Å². The number of nitrogens with one attached hydrogen (secondary N) is 1. The Labute approximate surface area is 148 Å². The summed E-state index contributed by atoms with van der Waals surface area (Å²) in [5, 5.41) is 11.7. The molecule has 0 aliphatic carbocycles. The third-order valence-corrected chi connectivity index (χ3v) is 3.50. The number of carbonyl (C=O) groups excluding carboxylic acids is 2. The Morgan fingerprint density at radius 1 is 1.12 bits per heavy atom. The largest absolute Gasteiger partial charge is 0.480 e. The highest BCUT2D eigenvalue weighted by molar-refractivity contribution is 5.80. The molecule has 0 aromatic carbocycles. The van der Waals surface area contributed by atoms with Gasteiger partial charge in [0.05, 0.1) is 0 Å². The van der Waals surface area contributed by atoms with Crippen molar-refractivity contribution in [3.8, 4) is 0 Å². The van der Waals surface area contributed by atoms with Crippen LogP contribution in [0.25, 0.3) is 0 Å². The number of carbonyl (C=O) groups is 3. The number of carboxylic acid groups (broad SMARTS) is 1. The van der Waals surface area contributed by atoms with Crippen LogP contribution in [0.4, 0.5) is 9.59 Å². The molecule has 2 atom stereocenters. The molecule has 1 saturated heterocycles. The Morgan fingerprint density at radius 3 is 2.16 bits per heavy atom. The number of carboxylic acids is 1. The van der Waals surface area contributed by atoms with E-state index in [9.17, 15) is 19.5 Å². The first-order valence-corrected chi connectivity index (χ1v) is 8.47. The van der Waals surface area contributed by atoms with E-state index < -0.39 is 35.4 Å². The molecule has 0 aromatic heterocycles. The van der Waals surface area contributed by atoms with E-state index in [4.69, 9.17) is 9.47 Å². The highest BCUT2D eigenvalue weighted by Crippen LogP contribution is 2.23. The van der Waals surface area contributed by atoms with Crippen LogP contribution in [0.5, 0.6) is 0 Å². The molecule has 2 N–H and O–H groups in total. The van der Waals surface area contributed by atoms with E-state index in [1.807, 2.05) is 0 Å². The molecule has 1 aliphatic heterocycles. The molecule has 8 heteroatoms. The minimum absolute atomic E-state index is 0.0245. The zero-order valence-electron chi connectivity index (χ0n) is 15.9. The summed E-state index contributed by atoms with van der Waals surface area (Å²) in [4.78, 5) is 36.8. The maximum absolute atomic E-state index is 12.1. The molecular formula is C17H30N2O6. The Kier molecular flexibility index (Phi) is 6.68. The first kappa shape index (κ1) is 21.1. The van der Waals surface area contributed by atoms with Crippen molar-refractivity contribution in [1.82, 2.24) is 10.2 Å². The molecule has 144 valence electrons. The summed E-state index contributed by atoms with van der Waals surface area (Å²) in [6.45, 7) is 11.4. The molecule has 0 radical (unpaired) electrons. The molecule has 1 aliphatic rings. The molecule has 1 heterocycles. The summed E-state index contributed by atoms with van der Waals surface area (Å²) >= 11 is 0. The quantitative estimate of drug-likeness (QED) is 0.800. The first-order valence-electron chi connectivity index (χ1n) is 8.47. The van der Waals surface area contributed by atoms with Gasteiger partial charge in [-0.3, -0.25) is 0 Å². The monoisotopic (exact) mass is 358 g/mol. The minimum atomic E-state index is -1.12. The summed E-state index contributed by atoms with van der Waals surface area (Å²) in [6.07, 6.45) is -0.267. The first-order chi connectivity index (χ1) is 11.3. The number of hydrogen-bond donors (Lipinski definition) is 2. The topological polar surface area (TPSA) is 105 Å². The van der Waals surface area contributed by atoms with Crippen molar-refractivity contribution in [1.29, 1.82) is 0 Å². The lowest BCUT2D eigenvalue weighted by molar-refractivity contribution is -0.139. The smallest absolute Gasteiger partial charge is 0.410 e. The summed E-state index contributed by atoms with van der Waals surface area (Å²) in [6, 6.07) is -1.06. The van der Waals surface area contributed by atoms with Crippen molar-refractivity contribution >= 4 is 18.2 Å². The molecule has 1 fully saturated rings. The standard InChI is InChI=1S/C17H30N2O6/c1-16(2,3)24-14(22)18-12(13(20)21)9-11-7-8-19(10-11)15(23)25-17(4,5)6/h11-12H,7-10H2,1-6H3,(H,18,22)(H,20,21). The zero-order valence-corrected chi connectivity index (χ0v) is 15.9. The van der Waals surface area contributed by atoms with Crippen molar-refractivity contribution in [3.63, 3.8) is 0 Å². The third kappa shape index (κ3) is 8.09. The molecule has 0 aromatic rings. The normalized spacial score (nSPS) is 19.3. The third-order valence-electron chi connectivity index (χ3n) is 3.50. The van der Waals surface area contributed by atoms with Crippen molar-refractivity contribution in [3.05, 3.63) is 0 Å². The molecular weight excluding hydrogens is 328 g/mol. The van der Waals surface area contributed by atoms with Crippen LogP contribution in [0.1, 0.15) is 54.4 Å². The van der Waals surface area contributed by atoms with Crippen LogP contribution in [0, 0.1) is 5.92 Å². The van der Waals surface area contributed by atoms with Gasteiger partial charge < -0.3 is 24.8 Å². The van der Waals surface area contributed by atoms with Crippen molar-refractivity contribution in [2.24, 2.45) is 5.92 Å². The van der Waals surface area contributed by atoms with E-state index in [2.05, 4.69) is 5.32 Å². The number of rotatable bonds is 4. The van der Waals surface area contributed by atoms with Crippen LogP contribution in [-0.4, -0.2) is 58.5 Å². The zero-order chi connectivity index (χ0) is 19.4. The second-order valence-corrected chi connectivity index (χ2v) is 8.35. The Balaban J connectivity index is 2.56. The van der Waals surface area contributed by atoms with Crippen molar-refractivity contribution < 1.29 is 29.0 Å². The maximum atomic E-state index is 12.1. The average Bonchev–Trinajstić information content (AvgIpc) is 2.82. The highest BCUT2D eigenvalue weighted by Gasteiger charge is 2.33. The van der Waals surface area contributed by atoms with Gasteiger partial charge >= 0.3 is 18.2 Å². The fourth-order valence-corrected chi connectivity index (χ4v) is 2.52. The molecule has 25 heavy (non-hydrogen) atoms. The lowest BCUT2D eigenvalue weighted by Gasteiger charge is -2.25. The summed E-state index contributed by atoms with van der Waals surface area (Å²) in [5.41, 5.74) is -1.27. The van der Waals surface area contributed by atoms with Gasteiger partial charge in [-0.15, -0.1) is 0 Å². The number of ether oxygens (including phenoxy) is 2. The molecule has 0 saturated carbocycles. The van der Waals surface area contributed by atoms with Crippen LogP contribution >= 0.6 is 0 Å². The van der Waals surface area contributed by atoms with E-state index in [0.29, 0.717) is 19.5 Å². The molecule has 8 nitrogen and oxygen atoms in total. The Bertz CT molecular complexity index is 506. The summed E-state index contributed by atoms with van der Waals surface area (Å²) in [5.74, 6) is -1.15. The molecule has 2 amide bonds. The maximum Gasteiger partial charge on any atom is 0.410 e. The summed E-state index contributed by atoms with van der Waals surface area (Å²) in [7, 11) is 0. The predicted octanol–water partition coefficient (Wildman–Crippen LogP) is 2.61. The van der Waals surface area contributed by atoms with Gasteiger partial charge in [-0.05, 0) is 60.3 Å². The highest BCUT2D eigenvalue weighted by atomic mass is 16.6. The average molecular weight is 358 g/mol.